The number of nitrogens with zero attached hydrogens (tertiary/aromatic N) is 2. The molecule has 0 N–H and O–H groups in total. The summed E-state index contributed by atoms with van der Waals surface area (Å²) in [6.45, 7) is 7.02. The molecule has 1 fully saturated rings. The van der Waals surface area contributed by atoms with Gasteiger partial charge in [0.15, 0.2) is 0 Å². The number of amides is 1. The van der Waals surface area contributed by atoms with Crippen LogP contribution in [0.2, 0.25) is 0 Å². The molecule has 0 saturated carbocycles. The van der Waals surface area contributed by atoms with Crippen molar-refractivity contribution in [1.29, 1.82) is 0 Å². The van der Waals surface area contributed by atoms with Crippen LogP contribution in [-0.2, 0) is 11.3 Å². The van der Waals surface area contributed by atoms with Crippen LogP contribution in [0.3, 0.4) is 0 Å². The highest BCUT2D eigenvalue weighted by Crippen LogP contribution is 2.13. The summed E-state index contributed by atoms with van der Waals surface area (Å²) in [5.74, 6) is 1.00. The number of benzene rings is 2. The fourth-order valence-electron chi connectivity index (χ4n) is 3.11. The van der Waals surface area contributed by atoms with Crippen LogP contribution < -0.4 is 4.74 Å². The number of hydrogen-bond acceptors (Lipinski definition) is 3. The van der Waals surface area contributed by atoms with Gasteiger partial charge in [0.1, 0.15) is 5.75 Å². The van der Waals surface area contributed by atoms with E-state index >= 15 is 0 Å². The van der Waals surface area contributed by atoms with Crippen LogP contribution >= 0.6 is 0 Å². The van der Waals surface area contributed by atoms with Gasteiger partial charge in [-0.25, -0.2) is 0 Å². The second kappa shape index (κ2) is 8.67. The molecule has 1 amide bonds. The Morgan fingerprint density at radius 1 is 0.960 bits per heavy atom. The molecule has 2 aromatic carbocycles. The van der Waals surface area contributed by atoms with Crippen molar-refractivity contribution in [2.24, 2.45) is 0 Å². The van der Waals surface area contributed by atoms with E-state index < -0.39 is 0 Å². The highest BCUT2D eigenvalue weighted by Gasteiger charge is 2.21. The standard InChI is InChI=1S/C21H26N2O2/c1-18-7-5-6-8-19(18)17-22-12-14-23(15-13-22)21(24)11-16-25-20-9-3-2-4-10-20/h2-10H,11-17H2,1H3. The molecule has 0 aromatic heterocycles. The Morgan fingerprint density at radius 3 is 2.36 bits per heavy atom. The number of para-hydroxylation sites is 1. The molecule has 0 spiro atoms. The van der Waals surface area contributed by atoms with Crippen molar-refractivity contribution < 1.29 is 9.53 Å². The van der Waals surface area contributed by atoms with Gasteiger partial charge in [0.2, 0.25) is 5.91 Å². The van der Waals surface area contributed by atoms with Gasteiger partial charge < -0.3 is 9.64 Å². The summed E-state index contributed by atoms with van der Waals surface area (Å²) < 4.78 is 5.62. The van der Waals surface area contributed by atoms with E-state index in [0.717, 1.165) is 38.5 Å². The van der Waals surface area contributed by atoms with Gasteiger partial charge in [0.25, 0.3) is 0 Å². The van der Waals surface area contributed by atoms with E-state index in [9.17, 15) is 4.79 Å². The molecule has 0 radical (unpaired) electrons. The largest absolute Gasteiger partial charge is 0.493 e. The predicted molar refractivity (Wildman–Crippen MR) is 99.6 cm³/mol. The molecule has 4 heteroatoms. The maximum Gasteiger partial charge on any atom is 0.226 e. The molecule has 0 bridgehead atoms. The third kappa shape index (κ3) is 5.07. The first-order valence-electron chi connectivity index (χ1n) is 8.95. The molecule has 0 atom stereocenters. The maximum absolute atomic E-state index is 12.3. The van der Waals surface area contributed by atoms with E-state index in [4.69, 9.17) is 4.74 Å². The third-order valence-corrected chi connectivity index (χ3v) is 4.71. The average molecular weight is 338 g/mol. The zero-order valence-electron chi connectivity index (χ0n) is 14.9. The van der Waals surface area contributed by atoms with E-state index in [2.05, 4.69) is 36.1 Å². The molecular weight excluding hydrogens is 312 g/mol. The molecule has 0 unspecified atom stereocenters. The fourth-order valence-corrected chi connectivity index (χ4v) is 3.11. The quantitative estimate of drug-likeness (QED) is 0.811. The van der Waals surface area contributed by atoms with Crippen molar-refractivity contribution in [2.75, 3.05) is 32.8 Å². The number of rotatable bonds is 6. The second-order valence-corrected chi connectivity index (χ2v) is 6.49. The smallest absolute Gasteiger partial charge is 0.226 e. The van der Waals surface area contributed by atoms with Gasteiger partial charge in [-0.1, -0.05) is 42.5 Å². The highest BCUT2D eigenvalue weighted by molar-refractivity contribution is 5.76. The first-order valence-corrected chi connectivity index (χ1v) is 8.95. The number of carbonyl (C=O) groups excluding carboxylic acids is 1. The van der Waals surface area contributed by atoms with Crippen molar-refractivity contribution in [1.82, 2.24) is 9.80 Å². The summed E-state index contributed by atoms with van der Waals surface area (Å²) in [5, 5.41) is 0. The number of aryl methyl sites for hydroxylation is 1. The van der Waals surface area contributed by atoms with Crippen molar-refractivity contribution in [3.05, 3.63) is 65.7 Å². The molecule has 1 aliphatic heterocycles. The van der Waals surface area contributed by atoms with Crippen LogP contribution in [0, 0.1) is 6.92 Å². The van der Waals surface area contributed by atoms with Crippen molar-refractivity contribution in [3.63, 3.8) is 0 Å². The minimum atomic E-state index is 0.187. The number of carbonyl (C=O) groups is 1. The van der Waals surface area contributed by atoms with Gasteiger partial charge >= 0.3 is 0 Å². The fraction of sp³-hybridized carbons (Fsp3) is 0.381. The van der Waals surface area contributed by atoms with Crippen LogP contribution in [0.5, 0.6) is 5.75 Å². The number of piperazine rings is 1. The Bertz CT molecular complexity index is 679. The Labute approximate surface area is 150 Å². The summed E-state index contributed by atoms with van der Waals surface area (Å²) >= 11 is 0. The van der Waals surface area contributed by atoms with Crippen molar-refractivity contribution in [3.8, 4) is 5.75 Å². The van der Waals surface area contributed by atoms with Gasteiger partial charge in [0, 0.05) is 32.7 Å². The predicted octanol–water partition coefficient (Wildman–Crippen LogP) is 3.11. The van der Waals surface area contributed by atoms with Crippen LogP contribution in [0.4, 0.5) is 0 Å². The van der Waals surface area contributed by atoms with E-state index in [-0.39, 0.29) is 5.91 Å². The van der Waals surface area contributed by atoms with Crippen molar-refractivity contribution in [2.45, 2.75) is 19.9 Å². The molecule has 132 valence electrons. The maximum atomic E-state index is 12.3. The molecule has 25 heavy (non-hydrogen) atoms. The first-order chi connectivity index (χ1) is 12.2. The van der Waals surface area contributed by atoms with Gasteiger partial charge in [-0.2, -0.15) is 0 Å². The molecular formula is C21H26N2O2. The lowest BCUT2D eigenvalue weighted by Gasteiger charge is -2.35. The van der Waals surface area contributed by atoms with Crippen LogP contribution in [0.15, 0.2) is 54.6 Å². The molecule has 3 rings (SSSR count). The van der Waals surface area contributed by atoms with E-state index in [1.807, 2.05) is 35.2 Å². The lowest BCUT2D eigenvalue weighted by molar-refractivity contribution is -0.133. The summed E-state index contributed by atoms with van der Waals surface area (Å²) in [6.07, 6.45) is 0.437. The summed E-state index contributed by atoms with van der Waals surface area (Å²) in [4.78, 5) is 16.7. The van der Waals surface area contributed by atoms with Crippen LogP contribution in [0.1, 0.15) is 17.5 Å². The van der Waals surface area contributed by atoms with Crippen LogP contribution in [-0.4, -0.2) is 48.5 Å². The van der Waals surface area contributed by atoms with Gasteiger partial charge in [-0.05, 0) is 30.2 Å². The number of ether oxygens (including phenoxy) is 1. The topological polar surface area (TPSA) is 32.8 Å². The minimum Gasteiger partial charge on any atom is -0.493 e. The normalized spacial score (nSPS) is 15.2. The molecule has 0 aliphatic carbocycles. The molecule has 1 saturated heterocycles. The summed E-state index contributed by atoms with van der Waals surface area (Å²) in [6, 6.07) is 18.2. The monoisotopic (exact) mass is 338 g/mol. The second-order valence-electron chi connectivity index (χ2n) is 6.49. The zero-order valence-corrected chi connectivity index (χ0v) is 14.9. The molecule has 1 aliphatic rings. The summed E-state index contributed by atoms with van der Waals surface area (Å²) in [7, 11) is 0. The highest BCUT2D eigenvalue weighted by atomic mass is 16.5. The van der Waals surface area contributed by atoms with E-state index in [1.165, 1.54) is 11.1 Å². The van der Waals surface area contributed by atoms with E-state index in [0.29, 0.717) is 13.0 Å². The molecule has 2 aromatic rings. The minimum absolute atomic E-state index is 0.187. The van der Waals surface area contributed by atoms with Gasteiger partial charge in [0.05, 0.1) is 13.0 Å². The molecule has 1 heterocycles. The lowest BCUT2D eigenvalue weighted by atomic mass is 10.1. The SMILES string of the molecule is Cc1ccccc1CN1CCN(C(=O)CCOc2ccccc2)CC1. The Kier molecular flexibility index (Phi) is 6.07. The average Bonchev–Trinajstić information content (AvgIpc) is 2.65. The first kappa shape index (κ1) is 17.5. The van der Waals surface area contributed by atoms with Crippen LogP contribution in [0.25, 0.3) is 0 Å². The van der Waals surface area contributed by atoms with Gasteiger partial charge in [-0.15, -0.1) is 0 Å². The van der Waals surface area contributed by atoms with Crippen molar-refractivity contribution >= 4 is 5.91 Å². The Morgan fingerprint density at radius 2 is 1.64 bits per heavy atom. The summed E-state index contributed by atoms with van der Waals surface area (Å²) in [5.41, 5.74) is 2.71. The van der Waals surface area contributed by atoms with E-state index in [1.54, 1.807) is 0 Å². The lowest BCUT2D eigenvalue weighted by Crippen LogP contribution is -2.48. The Hall–Kier alpha value is -2.33. The third-order valence-electron chi connectivity index (χ3n) is 4.71. The number of hydrogen-bond donors (Lipinski definition) is 0. The van der Waals surface area contributed by atoms with Gasteiger partial charge in [-0.3, -0.25) is 9.69 Å². The zero-order chi connectivity index (χ0) is 17.5. The Balaban J connectivity index is 1.39. The molecule has 4 nitrogen and oxygen atoms in total.